The van der Waals surface area contributed by atoms with Crippen LogP contribution in [0.25, 0.3) is 0 Å². The van der Waals surface area contributed by atoms with E-state index in [4.69, 9.17) is 0 Å². The Kier molecular flexibility index (Phi) is 3.44. The Morgan fingerprint density at radius 3 is 2.56 bits per heavy atom. The maximum atomic E-state index is 2.54. The molecule has 1 aliphatic heterocycles. The van der Waals surface area contributed by atoms with E-state index in [2.05, 4.69) is 11.8 Å². The lowest BCUT2D eigenvalue weighted by Gasteiger charge is -2.11. The summed E-state index contributed by atoms with van der Waals surface area (Å²) in [6, 6.07) is 0. The topological polar surface area (TPSA) is 3.24 Å². The molecule has 0 N–H and O–H groups in total. The standard InChI is InChI=1S/C7H15NS/c1-2-9-7-8-5-3-4-6-8/h2-7H2,1H3. The van der Waals surface area contributed by atoms with Crippen molar-refractivity contribution >= 4 is 11.8 Å². The molecule has 0 spiro atoms. The minimum absolute atomic E-state index is 1.26. The third-order valence-electron chi connectivity index (χ3n) is 1.68. The number of nitrogens with zero attached hydrogens (tertiary/aromatic N) is 1. The van der Waals surface area contributed by atoms with Gasteiger partial charge in [0.2, 0.25) is 0 Å². The molecule has 0 saturated carbocycles. The monoisotopic (exact) mass is 145 g/mol. The molecule has 0 aromatic carbocycles. The van der Waals surface area contributed by atoms with Crippen LogP contribution in [0.4, 0.5) is 0 Å². The maximum absolute atomic E-state index is 2.54. The van der Waals surface area contributed by atoms with Crippen LogP contribution >= 0.6 is 11.8 Å². The zero-order chi connectivity index (χ0) is 6.53. The molecule has 0 unspecified atom stereocenters. The molecule has 1 fully saturated rings. The average Bonchev–Trinajstić information content (AvgIpc) is 2.34. The minimum Gasteiger partial charge on any atom is -0.294 e. The van der Waals surface area contributed by atoms with Gasteiger partial charge in [-0.25, -0.2) is 0 Å². The van der Waals surface area contributed by atoms with Crippen LogP contribution in [0.5, 0.6) is 0 Å². The molecule has 2 heteroatoms. The molecule has 1 rings (SSSR count). The van der Waals surface area contributed by atoms with Crippen molar-refractivity contribution in [2.24, 2.45) is 0 Å². The van der Waals surface area contributed by atoms with Gasteiger partial charge < -0.3 is 0 Å². The first kappa shape index (κ1) is 7.42. The van der Waals surface area contributed by atoms with E-state index in [1.165, 1.54) is 37.6 Å². The Bertz CT molecular complexity index is 69.3. The van der Waals surface area contributed by atoms with Crippen LogP contribution in [0.2, 0.25) is 0 Å². The van der Waals surface area contributed by atoms with E-state index < -0.39 is 0 Å². The fourth-order valence-corrected chi connectivity index (χ4v) is 1.83. The second kappa shape index (κ2) is 4.18. The Hall–Kier alpha value is 0.310. The highest BCUT2D eigenvalue weighted by Gasteiger charge is 2.09. The molecular formula is C7H15NS. The van der Waals surface area contributed by atoms with E-state index in [0.29, 0.717) is 0 Å². The zero-order valence-corrected chi connectivity index (χ0v) is 6.91. The van der Waals surface area contributed by atoms with Gasteiger partial charge >= 0.3 is 0 Å². The summed E-state index contributed by atoms with van der Waals surface area (Å²) in [6.45, 7) is 4.90. The van der Waals surface area contributed by atoms with Gasteiger partial charge in [-0.05, 0) is 31.7 Å². The Balaban J connectivity index is 1.98. The van der Waals surface area contributed by atoms with Gasteiger partial charge in [-0.1, -0.05) is 6.92 Å². The molecule has 0 radical (unpaired) electrons. The lowest BCUT2D eigenvalue weighted by molar-refractivity contribution is 0.401. The van der Waals surface area contributed by atoms with Gasteiger partial charge in [0, 0.05) is 5.88 Å². The molecular weight excluding hydrogens is 130 g/mol. The smallest absolute Gasteiger partial charge is 0.0444 e. The van der Waals surface area contributed by atoms with E-state index in [9.17, 15) is 0 Å². The van der Waals surface area contributed by atoms with E-state index in [0.717, 1.165) is 0 Å². The van der Waals surface area contributed by atoms with Crippen molar-refractivity contribution < 1.29 is 0 Å². The third-order valence-corrected chi connectivity index (χ3v) is 2.63. The van der Waals surface area contributed by atoms with Crippen molar-refractivity contribution in [1.29, 1.82) is 0 Å². The fourth-order valence-electron chi connectivity index (χ4n) is 1.13. The van der Waals surface area contributed by atoms with E-state index in [1.807, 2.05) is 11.8 Å². The number of hydrogen-bond donors (Lipinski definition) is 0. The molecule has 54 valence electrons. The van der Waals surface area contributed by atoms with Gasteiger partial charge in [0.05, 0.1) is 0 Å². The largest absolute Gasteiger partial charge is 0.294 e. The first-order valence-electron chi connectivity index (χ1n) is 3.73. The van der Waals surface area contributed by atoms with Crippen molar-refractivity contribution in [3.63, 3.8) is 0 Å². The van der Waals surface area contributed by atoms with Crippen LogP contribution in [-0.2, 0) is 0 Å². The van der Waals surface area contributed by atoms with Crippen molar-refractivity contribution in [3.05, 3.63) is 0 Å². The predicted octanol–water partition coefficient (Wildman–Crippen LogP) is 1.79. The van der Waals surface area contributed by atoms with Crippen LogP contribution in [0.1, 0.15) is 19.8 Å². The summed E-state index contributed by atoms with van der Waals surface area (Å²) in [5, 5.41) is 0. The van der Waals surface area contributed by atoms with E-state index in [1.54, 1.807) is 0 Å². The van der Waals surface area contributed by atoms with Crippen LogP contribution in [0.3, 0.4) is 0 Å². The molecule has 0 atom stereocenters. The second-order valence-corrected chi connectivity index (χ2v) is 3.69. The Labute approximate surface area is 61.8 Å². The predicted molar refractivity (Wildman–Crippen MR) is 43.8 cm³/mol. The zero-order valence-electron chi connectivity index (χ0n) is 6.10. The lowest BCUT2D eigenvalue weighted by atomic mass is 10.4. The van der Waals surface area contributed by atoms with Crippen LogP contribution in [-0.4, -0.2) is 29.6 Å². The summed E-state index contributed by atoms with van der Waals surface area (Å²) in [5.74, 6) is 2.52. The summed E-state index contributed by atoms with van der Waals surface area (Å²) in [7, 11) is 0. The minimum atomic E-state index is 1.26. The van der Waals surface area contributed by atoms with Crippen molar-refractivity contribution in [2.45, 2.75) is 19.8 Å². The highest BCUT2D eigenvalue weighted by atomic mass is 32.2. The summed E-state index contributed by atoms with van der Waals surface area (Å²) < 4.78 is 0. The second-order valence-electron chi connectivity index (χ2n) is 2.45. The number of hydrogen-bond acceptors (Lipinski definition) is 2. The number of rotatable bonds is 3. The van der Waals surface area contributed by atoms with E-state index >= 15 is 0 Å². The number of thioether (sulfide) groups is 1. The van der Waals surface area contributed by atoms with Gasteiger partial charge in [-0.3, -0.25) is 4.90 Å². The first-order valence-corrected chi connectivity index (χ1v) is 4.89. The molecule has 1 nitrogen and oxygen atoms in total. The van der Waals surface area contributed by atoms with Crippen LogP contribution in [0.15, 0.2) is 0 Å². The summed E-state index contributed by atoms with van der Waals surface area (Å²) in [4.78, 5) is 2.54. The van der Waals surface area contributed by atoms with Gasteiger partial charge in [-0.2, -0.15) is 0 Å². The SMILES string of the molecule is CCSCN1CCCC1. The lowest BCUT2D eigenvalue weighted by Crippen LogP contribution is -2.18. The molecule has 0 aliphatic carbocycles. The first-order chi connectivity index (χ1) is 4.43. The summed E-state index contributed by atoms with van der Waals surface area (Å²) in [6.07, 6.45) is 2.84. The molecule has 0 amide bonds. The molecule has 1 heterocycles. The highest BCUT2D eigenvalue weighted by molar-refractivity contribution is 7.99. The van der Waals surface area contributed by atoms with Gasteiger partial charge in [-0.15, -0.1) is 11.8 Å². The quantitative estimate of drug-likeness (QED) is 0.595. The normalized spacial score (nSPS) is 21.0. The summed E-state index contributed by atoms with van der Waals surface area (Å²) in [5.41, 5.74) is 0. The average molecular weight is 145 g/mol. The van der Waals surface area contributed by atoms with E-state index in [-0.39, 0.29) is 0 Å². The molecule has 9 heavy (non-hydrogen) atoms. The fraction of sp³-hybridized carbons (Fsp3) is 1.00. The molecule has 1 saturated heterocycles. The summed E-state index contributed by atoms with van der Waals surface area (Å²) >= 11 is 2.03. The van der Waals surface area contributed by atoms with Crippen LogP contribution < -0.4 is 0 Å². The number of likely N-dealkylation sites (tertiary alicyclic amines) is 1. The maximum Gasteiger partial charge on any atom is 0.0444 e. The molecule has 0 aromatic rings. The Morgan fingerprint density at radius 1 is 1.33 bits per heavy atom. The van der Waals surface area contributed by atoms with Gasteiger partial charge in [0.1, 0.15) is 0 Å². The highest BCUT2D eigenvalue weighted by Crippen LogP contribution is 2.11. The van der Waals surface area contributed by atoms with Crippen LogP contribution in [0, 0.1) is 0 Å². The van der Waals surface area contributed by atoms with Crippen molar-refractivity contribution in [2.75, 3.05) is 24.7 Å². The van der Waals surface area contributed by atoms with Gasteiger partial charge in [0.25, 0.3) is 0 Å². The Morgan fingerprint density at radius 2 is 2.00 bits per heavy atom. The molecule has 1 aliphatic rings. The third kappa shape index (κ3) is 2.59. The molecule has 0 bridgehead atoms. The molecule has 0 aromatic heterocycles. The van der Waals surface area contributed by atoms with Gasteiger partial charge in [0.15, 0.2) is 0 Å². The van der Waals surface area contributed by atoms with Crippen molar-refractivity contribution in [1.82, 2.24) is 4.90 Å². The van der Waals surface area contributed by atoms with Crippen molar-refractivity contribution in [3.8, 4) is 0 Å².